The summed E-state index contributed by atoms with van der Waals surface area (Å²) in [5, 5.41) is 10.1. The Kier molecular flexibility index (Phi) is 16.3. The second-order valence-electron chi connectivity index (χ2n) is 15.6. The minimum absolute atomic E-state index is 0.0210. The van der Waals surface area contributed by atoms with Gasteiger partial charge in [0.2, 0.25) is 17.7 Å². The Labute approximate surface area is 315 Å². The minimum atomic E-state index is -0.844. The molecule has 2 aliphatic rings. The SMILES string of the molecule is CC[C@H](C)[C@@H]([C@@H](CC(=O)N1CCC[C@H]1[C@H](OC)[C@@H](C)C(=O)N[C@@H](Cc1ccccc1)C1=NNNN1)OC)N(C)C(=O)[C@@H](NC(=O)OC(C)(C)C)C(C)C. The van der Waals surface area contributed by atoms with E-state index in [1.807, 2.05) is 65.0 Å². The van der Waals surface area contributed by atoms with Crippen LogP contribution in [0.3, 0.4) is 0 Å². The summed E-state index contributed by atoms with van der Waals surface area (Å²) < 4.78 is 17.4. The zero-order valence-corrected chi connectivity index (χ0v) is 33.5. The summed E-state index contributed by atoms with van der Waals surface area (Å²) >= 11 is 0. The Morgan fingerprint density at radius 1 is 1.04 bits per heavy atom. The zero-order valence-electron chi connectivity index (χ0n) is 33.5. The number of hydrogen-bond acceptors (Lipinski definition) is 11. The van der Waals surface area contributed by atoms with E-state index in [9.17, 15) is 19.2 Å². The number of alkyl carbamates (subject to hydrolysis) is 1. The van der Waals surface area contributed by atoms with Crippen molar-refractivity contribution in [3.8, 4) is 0 Å². The molecule has 0 spiro atoms. The first-order valence-electron chi connectivity index (χ1n) is 18.8. The molecule has 1 saturated heterocycles. The quantitative estimate of drug-likeness (QED) is 0.150. The van der Waals surface area contributed by atoms with Crippen LogP contribution < -0.4 is 27.1 Å². The molecule has 0 saturated carbocycles. The summed E-state index contributed by atoms with van der Waals surface area (Å²) in [6.45, 7) is 15.4. The number of methoxy groups -OCH3 is 2. The maximum absolute atomic E-state index is 14.2. The van der Waals surface area contributed by atoms with Gasteiger partial charge in [0, 0.05) is 27.8 Å². The van der Waals surface area contributed by atoms with E-state index < -0.39 is 47.9 Å². The van der Waals surface area contributed by atoms with E-state index in [2.05, 4.69) is 32.2 Å². The van der Waals surface area contributed by atoms with Gasteiger partial charge in [0.25, 0.3) is 0 Å². The van der Waals surface area contributed by atoms with Gasteiger partial charge in [-0.05, 0) is 57.4 Å². The van der Waals surface area contributed by atoms with Crippen LogP contribution in [-0.4, -0.2) is 109 Å². The molecule has 4 amide bonds. The molecule has 15 heteroatoms. The van der Waals surface area contributed by atoms with Crippen LogP contribution in [0.2, 0.25) is 0 Å². The number of amidine groups is 1. The van der Waals surface area contributed by atoms with Crippen molar-refractivity contribution in [1.29, 1.82) is 0 Å². The van der Waals surface area contributed by atoms with Gasteiger partial charge in [-0.2, -0.15) is 0 Å². The molecule has 1 fully saturated rings. The van der Waals surface area contributed by atoms with Crippen molar-refractivity contribution in [2.45, 2.75) is 129 Å². The molecule has 0 bridgehead atoms. The lowest BCUT2D eigenvalue weighted by Crippen LogP contribution is -2.58. The Morgan fingerprint density at radius 3 is 2.26 bits per heavy atom. The number of likely N-dealkylation sites (tertiary alicyclic amines) is 1. The fourth-order valence-electron chi connectivity index (χ4n) is 7.22. The third kappa shape index (κ3) is 12.0. The van der Waals surface area contributed by atoms with Crippen LogP contribution in [-0.2, 0) is 35.0 Å². The Hall–Kier alpha value is -3.95. The number of benzene rings is 1. The lowest BCUT2D eigenvalue weighted by Gasteiger charge is -2.40. The highest BCUT2D eigenvalue weighted by Gasteiger charge is 2.43. The molecule has 0 unspecified atom stereocenters. The fourth-order valence-corrected chi connectivity index (χ4v) is 7.22. The lowest BCUT2D eigenvalue weighted by atomic mass is 9.89. The van der Waals surface area contributed by atoms with E-state index in [0.29, 0.717) is 25.2 Å². The maximum atomic E-state index is 14.2. The molecule has 8 atom stereocenters. The monoisotopic (exact) mass is 744 g/mol. The van der Waals surface area contributed by atoms with E-state index in [1.165, 1.54) is 0 Å². The average molecular weight is 745 g/mol. The first-order chi connectivity index (χ1) is 25.0. The number of hydrazone groups is 1. The highest BCUT2D eigenvalue weighted by atomic mass is 16.6. The summed E-state index contributed by atoms with van der Waals surface area (Å²) in [4.78, 5) is 58.2. The van der Waals surface area contributed by atoms with Crippen molar-refractivity contribution in [3.05, 3.63) is 35.9 Å². The number of carbonyl (C=O) groups excluding carboxylic acids is 4. The van der Waals surface area contributed by atoms with Gasteiger partial charge in [-0.3, -0.25) is 19.8 Å². The van der Waals surface area contributed by atoms with Crippen molar-refractivity contribution in [2.75, 3.05) is 27.8 Å². The van der Waals surface area contributed by atoms with Crippen molar-refractivity contribution in [1.82, 2.24) is 36.9 Å². The Morgan fingerprint density at radius 2 is 1.72 bits per heavy atom. The number of hydrazine groups is 2. The van der Waals surface area contributed by atoms with Crippen molar-refractivity contribution >= 4 is 29.7 Å². The predicted molar refractivity (Wildman–Crippen MR) is 203 cm³/mol. The number of carbonyl (C=O) groups is 4. The summed E-state index contributed by atoms with van der Waals surface area (Å²) in [5.41, 5.74) is 8.68. The molecule has 0 aromatic heterocycles. The number of nitrogens with one attached hydrogen (secondary N) is 5. The predicted octanol–water partition coefficient (Wildman–Crippen LogP) is 3.11. The molecule has 1 aromatic rings. The molecule has 2 aliphatic heterocycles. The number of rotatable bonds is 18. The maximum Gasteiger partial charge on any atom is 0.408 e. The van der Waals surface area contributed by atoms with Crippen LogP contribution in [0.25, 0.3) is 0 Å². The Balaban J connectivity index is 1.77. The van der Waals surface area contributed by atoms with Crippen LogP contribution in [0.15, 0.2) is 35.4 Å². The largest absolute Gasteiger partial charge is 0.444 e. The van der Waals surface area contributed by atoms with Gasteiger partial charge in [-0.1, -0.05) is 71.4 Å². The molecule has 15 nitrogen and oxygen atoms in total. The van der Waals surface area contributed by atoms with Crippen LogP contribution in [0, 0.1) is 17.8 Å². The van der Waals surface area contributed by atoms with Gasteiger partial charge in [0.05, 0.1) is 42.7 Å². The fraction of sp³-hybridized carbons (Fsp3) is 0.711. The topological polar surface area (TPSA) is 175 Å². The van der Waals surface area contributed by atoms with Crippen LogP contribution >= 0.6 is 0 Å². The van der Waals surface area contributed by atoms with E-state index in [0.717, 1.165) is 18.4 Å². The van der Waals surface area contributed by atoms with E-state index >= 15 is 0 Å². The molecule has 0 aliphatic carbocycles. The van der Waals surface area contributed by atoms with Gasteiger partial charge in [0.15, 0.2) is 5.84 Å². The lowest BCUT2D eigenvalue weighted by molar-refractivity contribution is -0.147. The number of hydrogen-bond donors (Lipinski definition) is 5. The number of amides is 4. The van der Waals surface area contributed by atoms with Crippen LogP contribution in [0.1, 0.15) is 86.6 Å². The molecule has 298 valence electrons. The van der Waals surface area contributed by atoms with Crippen molar-refractivity contribution in [2.24, 2.45) is 22.9 Å². The van der Waals surface area contributed by atoms with Gasteiger partial charge >= 0.3 is 6.09 Å². The molecular formula is C38H64N8O7. The highest BCUT2D eigenvalue weighted by Crippen LogP contribution is 2.30. The smallest absolute Gasteiger partial charge is 0.408 e. The second kappa shape index (κ2) is 19.9. The van der Waals surface area contributed by atoms with Crippen molar-refractivity contribution in [3.63, 3.8) is 0 Å². The van der Waals surface area contributed by atoms with E-state index in [1.54, 1.807) is 51.8 Å². The average Bonchev–Trinajstić information content (AvgIpc) is 3.83. The summed E-state index contributed by atoms with van der Waals surface area (Å²) in [6, 6.07) is 7.74. The molecule has 1 aromatic carbocycles. The molecule has 53 heavy (non-hydrogen) atoms. The molecule has 3 rings (SSSR count). The number of nitrogens with zero attached hydrogens (tertiary/aromatic N) is 3. The summed E-state index contributed by atoms with van der Waals surface area (Å²) in [6.07, 6.45) is 0.822. The van der Waals surface area contributed by atoms with Gasteiger partial charge in [-0.15, -0.1) is 10.6 Å². The molecule has 5 N–H and O–H groups in total. The third-order valence-corrected chi connectivity index (χ3v) is 10.2. The number of likely N-dealkylation sites (N-methyl/N-ethyl adjacent to an activating group) is 1. The molecular weight excluding hydrogens is 680 g/mol. The highest BCUT2D eigenvalue weighted by molar-refractivity contribution is 5.92. The second-order valence-corrected chi connectivity index (χ2v) is 15.6. The summed E-state index contributed by atoms with van der Waals surface area (Å²) in [7, 11) is 4.82. The first-order valence-corrected chi connectivity index (χ1v) is 18.8. The number of ether oxygens (including phenoxy) is 3. The van der Waals surface area contributed by atoms with Crippen molar-refractivity contribution < 1.29 is 33.4 Å². The van der Waals surface area contributed by atoms with Crippen LogP contribution in [0.4, 0.5) is 4.79 Å². The third-order valence-electron chi connectivity index (χ3n) is 10.2. The van der Waals surface area contributed by atoms with Gasteiger partial charge < -0.3 is 34.6 Å². The Bertz CT molecular complexity index is 1390. The van der Waals surface area contributed by atoms with E-state index in [4.69, 9.17) is 14.2 Å². The zero-order chi connectivity index (χ0) is 39.5. The minimum Gasteiger partial charge on any atom is -0.444 e. The normalized spacial score (nSPS) is 19.8. The van der Waals surface area contributed by atoms with E-state index in [-0.39, 0.29) is 42.0 Å². The molecule has 0 radical (unpaired) electrons. The van der Waals surface area contributed by atoms with Crippen LogP contribution in [0.5, 0.6) is 0 Å². The first kappa shape index (κ1) is 43.5. The standard InChI is InChI=1S/C38H64N8O7/c1-12-24(4)32(45(9)36(49)31(23(2)3)40-37(50)53-38(6,7)8)29(51-10)22-30(47)46-20-16-19-28(46)33(52-11)25(5)35(48)39-27(34-41-43-44-42-34)21-26-17-14-13-15-18-26/h13-15,17-18,23-25,27-29,31-33,43-44H,12,16,19-22H2,1-11H3,(H,39,48)(H,40,50)(H,41,42)/t24-,25+,27-,28-,29+,31-,32-,33+/m0/s1. The molecule has 2 heterocycles. The van der Waals surface area contributed by atoms with Gasteiger partial charge in [0.1, 0.15) is 11.6 Å². The van der Waals surface area contributed by atoms with Gasteiger partial charge in [-0.25, -0.2) is 10.3 Å². The summed E-state index contributed by atoms with van der Waals surface area (Å²) in [5.74, 6) is -0.961.